The molecule has 4 aromatic rings. The molecule has 1 unspecified atom stereocenters. The Morgan fingerprint density at radius 1 is 1.10 bits per heavy atom. The van der Waals surface area contributed by atoms with Crippen LogP contribution in [-0.4, -0.2) is 28.1 Å². The van der Waals surface area contributed by atoms with Gasteiger partial charge < -0.3 is 5.11 Å². The lowest BCUT2D eigenvalue weighted by Gasteiger charge is -2.23. The van der Waals surface area contributed by atoms with Gasteiger partial charge in [-0.05, 0) is 60.4 Å². The standard InChI is InChI=1S/C29H27FN4O4S/c1-3-5-11-25-33-28(35)26(29(36)34(25)24(4-2)21-9-6-8-19(17-21)18-31)39(37,38)22-14-12-20(13-15-22)23-10-7-16-32-27(23)30/h6-10,12-17,24,35H,3-5,11H2,1-2H3. The summed E-state index contributed by atoms with van der Waals surface area (Å²) in [5.74, 6) is -1.31. The number of hydrogen-bond donors (Lipinski definition) is 1. The Kier molecular flexibility index (Phi) is 8.21. The van der Waals surface area contributed by atoms with E-state index in [1.54, 1.807) is 30.3 Å². The van der Waals surface area contributed by atoms with E-state index in [1.807, 2.05) is 13.8 Å². The molecule has 0 fully saturated rings. The molecule has 1 N–H and O–H groups in total. The molecule has 0 amide bonds. The van der Waals surface area contributed by atoms with Crippen LogP contribution in [0.5, 0.6) is 5.88 Å². The lowest BCUT2D eigenvalue weighted by molar-refractivity contribution is 0.406. The van der Waals surface area contributed by atoms with Crippen molar-refractivity contribution in [2.24, 2.45) is 0 Å². The molecule has 2 aromatic carbocycles. The van der Waals surface area contributed by atoms with E-state index in [0.29, 0.717) is 36.0 Å². The minimum Gasteiger partial charge on any atom is -0.492 e. The summed E-state index contributed by atoms with van der Waals surface area (Å²) in [4.78, 5) is 20.6. The molecule has 4 rings (SSSR count). The molecule has 8 nitrogen and oxygen atoms in total. The highest BCUT2D eigenvalue weighted by atomic mass is 32.2. The number of nitriles is 1. The maximum atomic E-state index is 14.1. The molecular formula is C29H27FN4O4S. The number of aromatic nitrogens is 3. The van der Waals surface area contributed by atoms with E-state index in [2.05, 4.69) is 16.0 Å². The minimum atomic E-state index is -4.51. The van der Waals surface area contributed by atoms with Crippen molar-refractivity contribution in [1.82, 2.24) is 14.5 Å². The molecule has 200 valence electrons. The first kappa shape index (κ1) is 27.7. The second kappa shape index (κ2) is 11.6. The zero-order valence-electron chi connectivity index (χ0n) is 21.5. The van der Waals surface area contributed by atoms with Crippen molar-refractivity contribution in [1.29, 1.82) is 5.26 Å². The number of pyridine rings is 1. The van der Waals surface area contributed by atoms with Gasteiger partial charge in [0.1, 0.15) is 5.82 Å². The molecule has 0 bridgehead atoms. The summed E-state index contributed by atoms with van der Waals surface area (Å²) in [6, 6.07) is 16.6. The fourth-order valence-electron chi connectivity index (χ4n) is 4.53. The summed E-state index contributed by atoms with van der Waals surface area (Å²) < 4.78 is 42.8. The Labute approximate surface area is 226 Å². The zero-order valence-corrected chi connectivity index (χ0v) is 22.3. The van der Waals surface area contributed by atoms with Crippen molar-refractivity contribution >= 4 is 9.84 Å². The number of aromatic hydroxyl groups is 1. The number of hydrogen-bond acceptors (Lipinski definition) is 7. The molecule has 0 saturated carbocycles. The van der Waals surface area contributed by atoms with Gasteiger partial charge in [0, 0.05) is 18.2 Å². The molecule has 2 aromatic heterocycles. The lowest BCUT2D eigenvalue weighted by Crippen LogP contribution is -2.33. The Morgan fingerprint density at radius 2 is 1.85 bits per heavy atom. The van der Waals surface area contributed by atoms with Crippen molar-refractivity contribution in [3.63, 3.8) is 0 Å². The lowest BCUT2D eigenvalue weighted by atomic mass is 10.0. The number of sulfone groups is 1. The van der Waals surface area contributed by atoms with Crippen LogP contribution < -0.4 is 5.56 Å². The van der Waals surface area contributed by atoms with Gasteiger partial charge in [-0.25, -0.2) is 13.4 Å². The monoisotopic (exact) mass is 546 g/mol. The fraction of sp³-hybridized carbons (Fsp3) is 0.241. The van der Waals surface area contributed by atoms with E-state index in [4.69, 9.17) is 0 Å². The van der Waals surface area contributed by atoms with E-state index >= 15 is 0 Å². The summed E-state index contributed by atoms with van der Waals surface area (Å²) in [6.07, 6.45) is 3.52. The van der Waals surface area contributed by atoms with E-state index in [-0.39, 0.29) is 16.3 Å². The Bertz CT molecular complexity index is 1710. The van der Waals surface area contributed by atoms with Crippen LogP contribution in [-0.2, 0) is 16.3 Å². The van der Waals surface area contributed by atoms with Crippen LogP contribution in [0.4, 0.5) is 4.39 Å². The Morgan fingerprint density at radius 3 is 2.49 bits per heavy atom. The normalized spacial score (nSPS) is 12.2. The second-order valence-corrected chi connectivity index (χ2v) is 10.9. The maximum absolute atomic E-state index is 14.1. The van der Waals surface area contributed by atoms with Crippen LogP contribution in [0.15, 0.2) is 81.4 Å². The number of rotatable bonds is 9. The predicted molar refractivity (Wildman–Crippen MR) is 143 cm³/mol. The molecule has 2 heterocycles. The molecule has 0 radical (unpaired) electrons. The van der Waals surface area contributed by atoms with Gasteiger partial charge in [-0.1, -0.05) is 44.5 Å². The molecule has 0 aliphatic carbocycles. The van der Waals surface area contributed by atoms with Crippen molar-refractivity contribution in [2.45, 2.75) is 55.4 Å². The van der Waals surface area contributed by atoms with Crippen molar-refractivity contribution in [2.75, 3.05) is 0 Å². The van der Waals surface area contributed by atoms with E-state index in [1.165, 1.54) is 41.1 Å². The van der Waals surface area contributed by atoms with Gasteiger partial charge in [-0.3, -0.25) is 9.36 Å². The first-order valence-electron chi connectivity index (χ1n) is 12.5. The summed E-state index contributed by atoms with van der Waals surface area (Å²) >= 11 is 0. The average Bonchev–Trinajstić information content (AvgIpc) is 2.94. The number of unbranched alkanes of at least 4 members (excludes halogenated alkanes) is 1. The van der Waals surface area contributed by atoms with Crippen LogP contribution >= 0.6 is 0 Å². The highest BCUT2D eigenvalue weighted by Crippen LogP contribution is 2.30. The molecule has 0 saturated heterocycles. The van der Waals surface area contributed by atoms with Crippen LogP contribution in [0.25, 0.3) is 11.1 Å². The first-order chi connectivity index (χ1) is 18.7. The predicted octanol–water partition coefficient (Wildman–Crippen LogP) is 5.20. The summed E-state index contributed by atoms with van der Waals surface area (Å²) in [5, 5.41) is 20.1. The van der Waals surface area contributed by atoms with Crippen molar-refractivity contribution in [3.8, 4) is 23.1 Å². The van der Waals surface area contributed by atoms with Crippen molar-refractivity contribution in [3.05, 3.63) is 100 Å². The van der Waals surface area contributed by atoms with Crippen LogP contribution in [0.3, 0.4) is 0 Å². The highest BCUT2D eigenvalue weighted by molar-refractivity contribution is 7.91. The molecule has 1 atom stereocenters. The number of benzene rings is 2. The number of halogens is 1. The third-order valence-electron chi connectivity index (χ3n) is 6.49. The van der Waals surface area contributed by atoms with E-state index in [9.17, 15) is 28.0 Å². The van der Waals surface area contributed by atoms with Gasteiger partial charge in [0.25, 0.3) is 5.56 Å². The Hall–Kier alpha value is -4.36. The smallest absolute Gasteiger partial charge is 0.277 e. The topological polar surface area (TPSA) is 126 Å². The molecule has 0 aliphatic rings. The van der Waals surface area contributed by atoms with Crippen LogP contribution in [0.2, 0.25) is 0 Å². The van der Waals surface area contributed by atoms with Gasteiger partial charge in [-0.2, -0.15) is 14.6 Å². The quantitative estimate of drug-likeness (QED) is 0.286. The second-order valence-electron chi connectivity index (χ2n) is 8.99. The van der Waals surface area contributed by atoms with Crippen LogP contribution in [0, 0.1) is 17.3 Å². The van der Waals surface area contributed by atoms with E-state index in [0.717, 1.165) is 6.42 Å². The van der Waals surface area contributed by atoms with Gasteiger partial charge in [0.15, 0.2) is 4.90 Å². The highest BCUT2D eigenvalue weighted by Gasteiger charge is 2.31. The van der Waals surface area contributed by atoms with Crippen LogP contribution in [0.1, 0.15) is 56.1 Å². The van der Waals surface area contributed by atoms with Gasteiger partial charge >= 0.3 is 0 Å². The number of aryl methyl sites for hydroxylation is 1. The third kappa shape index (κ3) is 5.45. The van der Waals surface area contributed by atoms with Crippen molar-refractivity contribution < 1.29 is 17.9 Å². The maximum Gasteiger partial charge on any atom is 0.277 e. The summed E-state index contributed by atoms with van der Waals surface area (Å²) in [5.41, 5.74) is 0.746. The first-order valence-corrected chi connectivity index (χ1v) is 14.0. The summed E-state index contributed by atoms with van der Waals surface area (Å²) in [6.45, 7) is 3.81. The van der Waals surface area contributed by atoms with Gasteiger partial charge in [0.05, 0.1) is 22.6 Å². The molecule has 39 heavy (non-hydrogen) atoms. The summed E-state index contributed by atoms with van der Waals surface area (Å²) in [7, 11) is -4.51. The van der Waals surface area contributed by atoms with Gasteiger partial charge in [-0.15, -0.1) is 0 Å². The average molecular weight is 547 g/mol. The third-order valence-corrected chi connectivity index (χ3v) is 8.27. The SMILES string of the molecule is CCCCc1nc(O)c(S(=O)(=O)c2ccc(-c3cccnc3F)cc2)c(=O)n1C(CC)c1cccc(C#N)c1. The molecule has 0 spiro atoms. The zero-order chi connectivity index (χ0) is 28.2. The van der Waals surface area contributed by atoms with E-state index < -0.39 is 38.2 Å². The minimum absolute atomic E-state index is 0.194. The largest absolute Gasteiger partial charge is 0.492 e. The number of nitrogens with zero attached hydrogens (tertiary/aromatic N) is 4. The molecule has 0 aliphatic heterocycles. The fourth-order valence-corrected chi connectivity index (χ4v) is 5.88. The molecule has 10 heteroatoms. The van der Waals surface area contributed by atoms with Gasteiger partial charge in [0.2, 0.25) is 21.7 Å². The Balaban J connectivity index is 1.88. The molecular weight excluding hydrogens is 519 g/mol.